The minimum Gasteiger partial charge on any atom is -0.381 e. The lowest BCUT2D eigenvalue weighted by molar-refractivity contribution is -0.139. The number of anilines is 1. The molecule has 1 aromatic rings. The molecule has 0 bridgehead atoms. The van der Waals surface area contributed by atoms with Crippen LogP contribution in [0.4, 0.5) is 5.95 Å². The van der Waals surface area contributed by atoms with E-state index in [4.69, 9.17) is 9.47 Å². The maximum atomic E-state index is 12.8. The molecular weight excluding hydrogens is 344 g/mol. The van der Waals surface area contributed by atoms with Crippen LogP contribution in [-0.4, -0.2) is 60.4 Å². The molecule has 4 heterocycles. The second kappa shape index (κ2) is 8.10. The second-order valence-corrected chi connectivity index (χ2v) is 8.02. The normalized spacial score (nSPS) is 25.4. The standard InChI is InChI=1S/C20H30N4O3/c1-15-17(14-21-19(22-15)24-8-3-2-4-9-24)18(25)23-16-5-10-27-20(13-16)6-11-26-12-7-20/h14,16H,2-13H2,1H3,(H,23,25)/t16-/m0/s1. The summed E-state index contributed by atoms with van der Waals surface area (Å²) in [6.07, 6.45) is 8.84. The van der Waals surface area contributed by atoms with Crippen LogP contribution >= 0.6 is 0 Å². The molecule has 0 unspecified atom stereocenters. The van der Waals surface area contributed by atoms with Crippen LogP contribution in [0.2, 0.25) is 0 Å². The van der Waals surface area contributed by atoms with E-state index in [-0.39, 0.29) is 17.6 Å². The molecule has 7 heteroatoms. The highest BCUT2D eigenvalue weighted by molar-refractivity contribution is 5.95. The van der Waals surface area contributed by atoms with E-state index in [0.29, 0.717) is 12.2 Å². The Morgan fingerprint density at radius 2 is 2.00 bits per heavy atom. The van der Waals surface area contributed by atoms with E-state index in [1.54, 1.807) is 6.20 Å². The summed E-state index contributed by atoms with van der Waals surface area (Å²) in [6.45, 7) is 6.07. The maximum Gasteiger partial charge on any atom is 0.254 e. The summed E-state index contributed by atoms with van der Waals surface area (Å²) < 4.78 is 11.5. The first-order chi connectivity index (χ1) is 13.2. The summed E-state index contributed by atoms with van der Waals surface area (Å²) in [4.78, 5) is 24.1. The molecule has 4 rings (SSSR count). The quantitative estimate of drug-likeness (QED) is 0.874. The van der Waals surface area contributed by atoms with Crippen LogP contribution < -0.4 is 10.2 Å². The molecule has 1 atom stereocenters. The fourth-order valence-electron chi connectivity index (χ4n) is 4.43. The number of piperidine rings is 1. The van der Waals surface area contributed by atoms with Gasteiger partial charge in [-0.1, -0.05) is 0 Å². The summed E-state index contributed by atoms with van der Waals surface area (Å²) in [5, 5.41) is 3.19. The maximum absolute atomic E-state index is 12.8. The highest BCUT2D eigenvalue weighted by Crippen LogP contribution is 2.34. The Labute approximate surface area is 160 Å². The Kier molecular flexibility index (Phi) is 5.59. The molecule has 0 aromatic carbocycles. The van der Waals surface area contributed by atoms with Crippen LogP contribution in [-0.2, 0) is 9.47 Å². The molecule has 7 nitrogen and oxygen atoms in total. The van der Waals surface area contributed by atoms with Crippen molar-refractivity contribution in [1.29, 1.82) is 0 Å². The number of aromatic nitrogens is 2. The SMILES string of the molecule is Cc1nc(N2CCCCC2)ncc1C(=O)N[C@H]1CCOC2(CCOCC2)C1. The third-order valence-electron chi connectivity index (χ3n) is 6.08. The van der Waals surface area contributed by atoms with Crippen molar-refractivity contribution in [3.05, 3.63) is 17.5 Å². The first-order valence-electron chi connectivity index (χ1n) is 10.3. The first-order valence-corrected chi connectivity index (χ1v) is 10.3. The molecule has 3 fully saturated rings. The summed E-state index contributed by atoms with van der Waals surface area (Å²) in [6, 6.07) is 0.130. The lowest BCUT2D eigenvalue weighted by Crippen LogP contribution is -2.51. The van der Waals surface area contributed by atoms with Gasteiger partial charge in [0.05, 0.1) is 16.9 Å². The number of nitrogens with one attached hydrogen (secondary N) is 1. The Hall–Kier alpha value is -1.73. The summed E-state index contributed by atoms with van der Waals surface area (Å²) in [5.74, 6) is 0.669. The van der Waals surface area contributed by atoms with Gasteiger partial charge in [0.1, 0.15) is 0 Å². The predicted octanol–water partition coefficient (Wildman–Crippen LogP) is 2.23. The largest absolute Gasteiger partial charge is 0.381 e. The number of carbonyl (C=O) groups is 1. The van der Waals surface area contributed by atoms with Crippen molar-refractivity contribution in [1.82, 2.24) is 15.3 Å². The predicted molar refractivity (Wildman–Crippen MR) is 102 cm³/mol. The van der Waals surface area contributed by atoms with Gasteiger partial charge in [-0.15, -0.1) is 0 Å². The zero-order chi connectivity index (χ0) is 18.7. The van der Waals surface area contributed by atoms with Gasteiger partial charge in [-0.3, -0.25) is 4.79 Å². The second-order valence-electron chi connectivity index (χ2n) is 8.02. The number of aryl methyl sites for hydroxylation is 1. The fraction of sp³-hybridized carbons (Fsp3) is 0.750. The average molecular weight is 374 g/mol. The van der Waals surface area contributed by atoms with Crippen LogP contribution in [0, 0.1) is 6.92 Å². The van der Waals surface area contributed by atoms with E-state index in [1.807, 2.05) is 6.92 Å². The highest BCUT2D eigenvalue weighted by Gasteiger charge is 2.39. The lowest BCUT2D eigenvalue weighted by atomic mass is 9.84. The summed E-state index contributed by atoms with van der Waals surface area (Å²) in [7, 11) is 0. The van der Waals surface area contributed by atoms with Crippen LogP contribution in [0.25, 0.3) is 0 Å². The van der Waals surface area contributed by atoms with E-state index >= 15 is 0 Å². The third kappa shape index (κ3) is 4.24. The Bertz CT molecular complexity index is 664. The molecule has 1 spiro atoms. The lowest BCUT2D eigenvalue weighted by Gasteiger charge is -2.43. The van der Waals surface area contributed by atoms with Crippen molar-refractivity contribution >= 4 is 11.9 Å². The topological polar surface area (TPSA) is 76.6 Å². The van der Waals surface area contributed by atoms with Gasteiger partial charge >= 0.3 is 0 Å². The van der Waals surface area contributed by atoms with Crippen LogP contribution in [0.15, 0.2) is 6.20 Å². The van der Waals surface area contributed by atoms with Gasteiger partial charge in [0, 0.05) is 45.1 Å². The molecule has 148 valence electrons. The van der Waals surface area contributed by atoms with E-state index in [1.165, 1.54) is 19.3 Å². The van der Waals surface area contributed by atoms with Crippen molar-refractivity contribution in [3.63, 3.8) is 0 Å². The van der Waals surface area contributed by atoms with Crippen molar-refractivity contribution in [2.75, 3.05) is 37.8 Å². The van der Waals surface area contributed by atoms with E-state index < -0.39 is 0 Å². The van der Waals surface area contributed by atoms with E-state index in [2.05, 4.69) is 20.2 Å². The van der Waals surface area contributed by atoms with Gasteiger partial charge in [0.15, 0.2) is 0 Å². The van der Waals surface area contributed by atoms with Crippen LogP contribution in [0.3, 0.4) is 0 Å². The number of nitrogens with zero attached hydrogens (tertiary/aromatic N) is 3. The Balaban J connectivity index is 1.40. The average Bonchev–Trinajstić information content (AvgIpc) is 2.69. The van der Waals surface area contributed by atoms with Crippen LogP contribution in [0.5, 0.6) is 0 Å². The van der Waals surface area contributed by atoms with Gasteiger partial charge in [0.25, 0.3) is 5.91 Å². The molecule has 1 N–H and O–H groups in total. The molecule has 1 aromatic heterocycles. The van der Waals surface area contributed by atoms with Crippen molar-refractivity contribution in [2.24, 2.45) is 0 Å². The smallest absolute Gasteiger partial charge is 0.254 e. The molecule has 3 saturated heterocycles. The Morgan fingerprint density at radius 1 is 1.22 bits per heavy atom. The molecular formula is C20H30N4O3. The van der Waals surface area contributed by atoms with Gasteiger partial charge in [-0.05, 0) is 51.9 Å². The van der Waals surface area contributed by atoms with Gasteiger partial charge in [-0.2, -0.15) is 0 Å². The molecule has 0 saturated carbocycles. The number of hydrogen-bond donors (Lipinski definition) is 1. The van der Waals surface area contributed by atoms with Crippen LogP contribution in [0.1, 0.15) is 61.0 Å². The minimum atomic E-state index is -0.127. The zero-order valence-electron chi connectivity index (χ0n) is 16.2. The molecule has 27 heavy (non-hydrogen) atoms. The number of rotatable bonds is 3. The first kappa shape index (κ1) is 18.6. The number of ether oxygens (including phenoxy) is 2. The third-order valence-corrected chi connectivity index (χ3v) is 6.08. The summed E-state index contributed by atoms with van der Waals surface area (Å²) in [5.41, 5.74) is 1.19. The fourth-order valence-corrected chi connectivity index (χ4v) is 4.43. The monoisotopic (exact) mass is 374 g/mol. The van der Waals surface area contributed by atoms with Crippen molar-refractivity contribution < 1.29 is 14.3 Å². The molecule has 1 amide bonds. The van der Waals surface area contributed by atoms with E-state index in [9.17, 15) is 4.79 Å². The molecule has 3 aliphatic heterocycles. The Morgan fingerprint density at radius 3 is 2.74 bits per heavy atom. The van der Waals surface area contributed by atoms with Gasteiger partial charge in [0.2, 0.25) is 5.95 Å². The van der Waals surface area contributed by atoms with Crippen molar-refractivity contribution in [2.45, 2.75) is 63.5 Å². The van der Waals surface area contributed by atoms with Gasteiger partial charge in [-0.25, -0.2) is 9.97 Å². The van der Waals surface area contributed by atoms with E-state index in [0.717, 1.165) is 63.6 Å². The highest BCUT2D eigenvalue weighted by atomic mass is 16.5. The molecule has 3 aliphatic rings. The number of carbonyl (C=O) groups excluding carboxylic acids is 1. The molecule has 0 aliphatic carbocycles. The van der Waals surface area contributed by atoms with Crippen molar-refractivity contribution in [3.8, 4) is 0 Å². The number of hydrogen-bond acceptors (Lipinski definition) is 6. The summed E-state index contributed by atoms with van der Waals surface area (Å²) >= 11 is 0. The molecule has 0 radical (unpaired) electrons. The minimum absolute atomic E-state index is 0.0770. The zero-order valence-corrected chi connectivity index (χ0v) is 16.2. The van der Waals surface area contributed by atoms with Gasteiger partial charge < -0.3 is 19.7 Å². The number of amides is 1.